The molecule has 2 heterocycles. The largest absolute Gasteiger partial charge is 0.353 e. The lowest BCUT2D eigenvalue weighted by atomic mass is 9.83. The van der Waals surface area contributed by atoms with Crippen LogP contribution >= 0.6 is 0 Å². The Morgan fingerprint density at radius 3 is 2.59 bits per heavy atom. The highest BCUT2D eigenvalue weighted by Gasteiger charge is 2.54. The van der Waals surface area contributed by atoms with E-state index in [0.29, 0.717) is 18.9 Å². The molecule has 3 atom stereocenters. The number of ether oxygens (including phenoxy) is 1. The van der Waals surface area contributed by atoms with E-state index in [4.69, 9.17) is 4.74 Å². The molecule has 0 unspecified atom stereocenters. The maximum atomic E-state index is 12.8. The van der Waals surface area contributed by atoms with E-state index in [-0.39, 0.29) is 11.8 Å². The van der Waals surface area contributed by atoms with Gasteiger partial charge in [0.25, 0.3) is 0 Å². The zero-order chi connectivity index (χ0) is 15.7. The molecule has 2 saturated heterocycles. The van der Waals surface area contributed by atoms with Crippen molar-refractivity contribution in [1.82, 2.24) is 9.80 Å². The molecule has 2 aliphatic heterocycles. The van der Waals surface area contributed by atoms with Gasteiger partial charge in [0, 0.05) is 19.5 Å². The van der Waals surface area contributed by atoms with Crippen LogP contribution in [0.2, 0.25) is 0 Å². The smallest absolute Gasteiger partial charge is 0.247 e. The van der Waals surface area contributed by atoms with E-state index < -0.39 is 11.8 Å². The maximum Gasteiger partial charge on any atom is 0.247 e. The standard InChI is InChI=1S/C17H28N2O3/c1-3-15(20)19-14(16(21)18-9-4-5-10-18)12-22-17(19)8-6-7-13(2)11-17/h13-14H,3-12H2,1-2H3/t13-,14-,17-/m0/s1. The Morgan fingerprint density at radius 2 is 1.95 bits per heavy atom. The van der Waals surface area contributed by atoms with Crippen molar-refractivity contribution in [3.63, 3.8) is 0 Å². The van der Waals surface area contributed by atoms with Gasteiger partial charge in [-0.05, 0) is 38.0 Å². The molecule has 1 spiro atoms. The molecule has 0 aromatic rings. The van der Waals surface area contributed by atoms with Gasteiger partial charge in [-0.25, -0.2) is 0 Å². The third kappa shape index (κ3) is 2.64. The fraction of sp³-hybridized carbons (Fsp3) is 0.882. The van der Waals surface area contributed by atoms with Gasteiger partial charge in [0.1, 0.15) is 11.8 Å². The Hall–Kier alpha value is -1.10. The van der Waals surface area contributed by atoms with E-state index in [0.717, 1.165) is 45.2 Å². The third-order valence-corrected chi connectivity index (χ3v) is 5.47. The van der Waals surface area contributed by atoms with Gasteiger partial charge in [-0.3, -0.25) is 14.5 Å². The molecule has 3 aliphatic rings. The van der Waals surface area contributed by atoms with Gasteiger partial charge >= 0.3 is 0 Å². The molecule has 1 saturated carbocycles. The lowest BCUT2D eigenvalue weighted by Gasteiger charge is -2.43. The first kappa shape index (κ1) is 15.8. The Kier molecular flexibility index (Phi) is 4.44. The number of hydrogen-bond donors (Lipinski definition) is 0. The number of hydrogen-bond acceptors (Lipinski definition) is 3. The van der Waals surface area contributed by atoms with Gasteiger partial charge in [0.15, 0.2) is 0 Å². The van der Waals surface area contributed by atoms with E-state index in [9.17, 15) is 9.59 Å². The number of nitrogens with zero attached hydrogens (tertiary/aromatic N) is 2. The van der Waals surface area contributed by atoms with E-state index >= 15 is 0 Å². The van der Waals surface area contributed by atoms with Crippen molar-refractivity contribution in [2.45, 2.75) is 70.6 Å². The highest BCUT2D eigenvalue weighted by Crippen LogP contribution is 2.43. The summed E-state index contributed by atoms with van der Waals surface area (Å²) in [5.41, 5.74) is -0.523. The Morgan fingerprint density at radius 1 is 1.23 bits per heavy atom. The van der Waals surface area contributed by atoms with E-state index in [1.54, 1.807) is 0 Å². The Bertz CT molecular complexity index is 447. The quantitative estimate of drug-likeness (QED) is 0.785. The molecule has 0 N–H and O–H groups in total. The predicted molar refractivity (Wildman–Crippen MR) is 83.1 cm³/mol. The van der Waals surface area contributed by atoms with Crippen LogP contribution in [0.3, 0.4) is 0 Å². The molecule has 5 heteroatoms. The SMILES string of the molecule is CCC(=O)N1[C@H](C(=O)N2CCCC2)CO[C@]12CCC[C@H](C)C2. The minimum absolute atomic E-state index is 0.0594. The summed E-state index contributed by atoms with van der Waals surface area (Å²) in [6.07, 6.45) is 6.56. The summed E-state index contributed by atoms with van der Waals surface area (Å²) in [6.45, 7) is 6.11. The number of amides is 2. The average molecular weight is 308 g/mol. The van der Waals surface area contributed by atoms with Gasteiger partial charge in [0.2, 0.25) is 11.8 Å². The molecule has 0 bridgehead atoms. The highest BCUT2D eigenvalue weighted by atomic mass is 16.5. The molecule has 2 amide bonds. The summed E-state index contributed by atoms with van der Waals surface area (Å²) in [7, 11) is 0. The molecule has 0 aromatic carbocycles. The Labute approximate surface area is 133 Å². The van der Waals surface area contributed by atoms with Crippen LogP contribution in [0.1, 0.15) is 58.8 Å². The van der Waals surface area contributed by atoms with Crippen LogP contribution < -0.4 is 0 Å². The van der Waals surface area contributed by atoms with Crippen molar-refractivity contribution in [3.8, 4) is 0 Å². The summed E-state index contributed by atoms with van der Waals surface area (Å²) in [5.74, 6) is 0.695. The molecule has 124 valence electrons. The summed E-state index contributed by atoms with van der Waals surface area (Å²) >= 11 is 0. The minimum Gasteiger partial charge on any atom is -0.353 e. The molecule has 3 rings (SSSR count). The summed E-state index contributed by atoms with van der Waals surface area (Å²) < 4.78 is 6.14. The van der Waals surface area contributed by atoms with Crippen molar-refractivity contribution >= 4 is 11.8 Å². The fourth-order valence-electron chi connectivity index (χ4n) is 4.39. The summed E-state index contributed by atoms with van der Waals surface area (Å²) in [4.78, 5) is 29.2. The molecule has 0 radical (unpaired) electrons. The van der Waals surface area contributed by atoms with E-state index in [1.807, 2.05) is 16.7 Å². The number of carbonyl (C=O) groups is 2. The van der Waals surface area contributed by atoms with Crippen LogP contribution in [0.5, 0.6) is 0 Å². The molecule has 22 heavy (non-hydrogen) atoms. The first-order valence-electron chi connectivity index (χ1n) is 8.82. The van der Waals surface area contributed by atoms with Crippen LogP contribution in [0.15, 0.2) is 0 Å². The predicted octanol–water partition coefficient (Wildman–Crippen LogP) is 2.15. The van der Waals surface area contributed by atoms with Crippen molar-refractivity contribution in [2.24, 2.45) is 5.92 Å². The molecular formula is C17H28N2O3. The third-order valence-electron chi connectivity index (χ3n) is 5.47. The number of carbonyl (C=O) groups excluding carboxylic acids is 2. The zero-order valence-corrected chi connectivity index (χ0v) is 13.8. The lowest BCUT2D eigenvalue weighted by Crippen LogP contribution is -2.57. The summed E-state index contributed by atoms with van der Waals surface area (Å²) in [6, 6.07) is -0.407. The zero-order valence-electron chi connectivity index (χ0n) is 13.8. The first-order chi connectivity index (χ1) is 10.6. The van der Waals surface area contributed by atoms with Crippen molar-refractivity contribution in [3.05, 3.63) is 0 Å². The van der Waals surface area contributed by atoms with Gasteiger partial charge in [-0.2, -0.15) is 0 Å². The Balaban J connectivity index is 1.84. The second-order valence-electron chi connectivity index (χ2n) is 7.12. The average Bonchev–Trinajstić information content (AvgIpc) is 3.14. The summed E-state index contributed by atoms with van der Waals surface area (Å²) in [5, 5.41) is 0. The molecule has 0 aromatic heterocycles. The van der Waals surface area contributed by atoms with Crippen molar-refractivity contribution in [1.29, 1.82) is 0 Å². The van der Waals surface area contributed by atoms with Crippen LogP contribution in [0.25, 0.3) is 0 Å². The first-order valence-corrected chi connectivity index (χ1v) is 8.82. The highest BCUT2D eigenvalue weighted by molar-refractivity contribution is 5.89. The topological polar surface area (TPSA) is 49.9 Å². The maximum absolute atomic E-state index is 12.8. The monoisotopic (exact) mass is 308 g/mol. The van der Waals surface area contributed by atoms with E-state index in [2.05, 4.69) is 6.92 Å². The fourth-order valence-corrected chi connectivity index (χ4v) is 4.39. The van der Waals surface area contributed by atoms with Gasteiger partial charge in [-0.15, -0.1) is 0 Å². The van der Waals surface area contributed by atoms with Crippen LogP contribution in [0, 0.1) is 5.92 Å². The van der Waals surface area contributed by atoms with Crippen LogP contribution in [-0.2, 0) is 14.3 Å². The second kappa shape index (κ2) is 6.19. The molecule has 3 fully saturated rings. The number of rotatable bonds is 2. The van der Waals surface area contributed by atoms with Gasteiger partial charge in [0.05, 0.1) is 6.61 Å². The van der Waals surface area contributed by atoms with Crippen molar-refractivity contribution in [2.75, 3.05) is 19.7 Å². The van der Waals surface area contributed by atoms with Crippen molar-refractivity contribution < 1.29 is 14.3 Å². The van der Waals surface area contributed by atoms with Gasteiger partial charge < -0.3 is 9.64 Å². The molecular weight excluding hydrogens is 280 g/mol. The number of likely N-dealkylation sites (tertiary alicyclic amines) is 1. The normalized spacial score (nSPS) is 35.4. The lowest BCUT2D eigenvalue weighted by molar-refractivity contribution is -0.163. The van der Waals surface area contributed by atoms with Gasteiger partial charge in [-0.1, -0.05) is 20.3 Å². The minimum atomic E-state index is -0.523. The molecule has 5 nitrogen and oxygen atoms in total. The van der Waals surface area contributed by atoms with E-state index in [1.165, 1.54) is 6.42 Å². The van der Waals surface area contributed by atoms with Crippen LogP contribution in [0.4, 0.5) is 0 Å². The second-order valence-corrected chi connectivity index (χ2v) is 7.12. The molecule has 1 aliphatic carbocycles. The van der Waals surface area contributed by atoms with Crippen LogP contribution in [-0.4, -0.2) is 53.1 Å².